The van der Waals surface area contributed by atoms with E-state index in [2.05, 4.69) is 17.1 Å². The molecular weight excluding hydrogens is 110 g/mol. The lowest BCUT2D eigenvalue weighted by molar-refractivity contribution is 1.17. The first-order valence-corrected chi connectivity index (χ1v) is 3.24. The maximum absolute atomic E-state index is 4.00. The SMILES string of the molecule is CC=CCC1=CN=CC1. The summed E-state index contributed by atoms with van der Waals surface area (Å²) in [5, 5.41) is 0. The van der Waals surface area contributed by atoms with Crippen LogP contribution in [0.5, 0.6) is 0 Å². The summed E-state index contributed by atoms with van der Waals surface area (Å²) in [6, 6.07) is 0. The van der Waals surface area contributed by atoms with Gasteiger partial charge < -0.3 is 0 Å². The van der Waals surface area contributed by atoms with Gasteiger partial charge in [0.2, 0.25) is 0 Å². The van der Waals surface area contributed by atoms with E-state index in [0.717, 1.165) is 12.8 Å². The summed E-state index contributed by atoms with van der Waals surface area (Å²) in [5.41, 5.74) is 1.41. The van der Waals surface area contributed by atoms with Crippen molar-refractivity contribution in [3.63, 3.8) is 0 Å². The van der Waals surface area contributed by atoms with E-state index >= 15 is 0 Å². The molecule has 1 aliphatic rings. The fourth-order valence-corrected chi connectivity index (χ4v) is 0.786. The molecule has 0 fully saturated rings. The first kappa shape index (κ1) is 6.27. The number of rotatable bonds is 2. The summed E-state index contributed by atoms with van der Waals surface area (Å²) in [5.74, 6) is 0. The summed E-state index contributed by atoms with van der Waals surface area (Å²) in [7, 11) is 0. The van der Waals surface area contributed by atoms with Crippen molar-refractivity contribution in [3.8, 4) is 0 Å². The van der Waals surface area contributed by atoms with Gasteiger partial charge in [-0.15, -0.1) is 0 Å². The van der Waals surface area contributed by atoms with Crippen molar-refractivity contribution in [1.82, 2.24) is 0 Å². The van der Waals surface area contributed by atoms with Crippen LogP contribution >= 0.6 is 0 Å². The fourth-order valence-electron chi connectivity index (χ4n) is 0.786. The standard InChI is InChI=1S/C8H11N/c1-2-3-4-8-5-6-9-7-8/h2-3,6-7H,4-5H2,1H3. The summed E-state index contributed by atoms with van der Waals surface area (Å²) in [6.45, 7) is 2.04. The zero-order valence-corrected chi connectivity index (χ0v) is 5.67. The van der Waals surface area contributed by atoms with Crippen molar-refractivity contribution < 1.29 is 0 Å². The maximum Gasteiger partial charge on any atom is 0.0262 e. The first-order valence-electron chi connectivity index (χ1n) is 3.24. The van der Waals surface area contributed by atoms with Crippen LogP contribution in [-0.2, 0) is 0 Å². The van der Waals surface area contributed by atoms with Gasteiger partial charge in [-0.25, -0.2) is 0 Å². The number of hydrogen-bond donors (Lipinski definition) is 0. The molecule has 0 spiro atoms. The van der Waals surface area contributed by atoms with Gasteiger partial charge in [0.1, 0.15) is 0 Å². The van der Waals surface area contributed by atoms with Crippen molar-refractivity contribution in [2.45, 2.75) is 19.8 Å². The first-order chi connectivity index (χ1) is 4.43. The van der Waals surface area contributed by atoms with Gasteiger partial charge in [0, 0.05) is 18.8 Å². The Morgan fingerprint density at radius 3 is 3.22 bits per heavy atom. The molecule has 0 aromatic rings. The van der Waals surface area contributed by atoms with Gasteiger partial charge in [0.15, 0.2) is 0 Å². The van der Waals surface area contributed by atoms with Crippen molar-refractivity contribution in [1.29, 1.82) is 0 Å². The van der Waals surface area contributed by atoms with E-state index in [4.69, 9.17) is 0 Å². The van der Waals surface area contributed by atoms with Crippen LogP contribution < -0.4 is 0 Å². The van der Waals surface area contributed by atoms with Crippen molar-refractivity contribution >= 4 is 6.21 Å². The van der Waals surface area contributed by atoms with Crippen LogP contribution in [-0.4, -0.2) is 6.21 Å². The second kappa shape index (κ2) is 3.23. The fraction of sp³-hybridized carbons (Fsp3) is 0.375. The van der Waals surface area contributed by atoms with E-state index in [9.17, 15) is 0 Å². The van der Waals surface area contributed by atoms with Crippen LogP contribution in [0, 0.1) is 0 Å². The van der Waals surface area contributed by atoms with E-state index in [1.807, 2.05) is 19.3 Å². The molecule has 1 aliphatic heterocycles. The Kier molecular flexibility index (Phi) is 2.25. The van der Waals surface area contributed by atoms with Gasteiger partial charge in [-0.05, 0) is 18.9 Å². The highest BCUT2D eigenvalue weighted by atomic mass is 14.7. The molecule has 0 aromatic heterocycles. The number of allylic oxidation sites excluding steroid dienone is 3. The van der Waals surface area contributed by atoms with E-state index in [1.165, 1.54) is 5.57 Å². The average Bonchev–Trinajstić information content (AvgIpc) is 2.34. The van der Waals surface area contributed by atoms with E-state index in [1.54, 1.807) is 0 Å². The van der Waals surface area contributed by atoms with Crippen LogP contribution in [0.25, 0.3) is 0 Å². The molecule has 48 valence electrons. The molecule has 0 aliphatic carbocycles. The number of hydrogen-bond acceptors (Lipinski definition) is 1. The van der Waals surface area contributed by atoms with Crippen LogP contribution in [0.15, 0.2) is 28.9 Å². The molecule has 0 bridgehead atoms. The summed E-state index contributed by atoms with van der Waals surface area (Å²) >= 11 is 0. The van der Waals surface area contributed by atoms with Crippen LogP contribution in [0.1, 0.15) is 19.8 Å². The Bertz CT molecular complexity index is 163. The lowest BCUT2D eigenvalue weighted by atomic mass is 10.1. The Morgan fingerprint density at radius 1 is 1.78 bits per heavy atom. The molecule has 0 saturated carbocycles. The highest BCUT2D eigenvalue weighted by molar-refractivity contribution is 5.65. The van der Waals surface area contributed by atoms with Gasteiger partial charge >= 0.3 is 0 Å². The molecule has 1 nitrogen and oxygen atoms in total. The zero-order chi connectivity index (χ0) is 6.53. The predicted octanol–water partition coefficient (Wildman–Crippen LogP) is 2.31. The molecule has 0 atom stereocenters. The second-order valence-electron chi connectivity index (χ2n) is 2.10. The largest absolute Gasteiger partial charge is 0.269 e. The zero-order valence-electron chi connectivity index (χ0n) is 5.67. The van der Waals surface area contributed by atoms with Crippen molar-refractivity contribution in [2.24, 2.45) is 4.99 Å². The lowest BCUT2D eigenvalue weighted by Crippen LogP contribution is -1.74. The third-order valence-corrected chi connectivity index (χ3v) is 1.33. The van der Waals surface area contributed by atoms with E-state index in [-0.39, 0.29) is 0 Å². The minimum atomic E-state index is 1.05. The molecule has 1 heteroatoms. The molecule has 0 amide bonds. The Morgan fingerprint density at radius 2 is 2.67 bits per heavy atom. The van der Waals surface area contributed by atoms with E-state index < -0.39 is 0 Å². The quantitative estimate of drug-likeness (QED) is 0.497. The minimum absolute atomic E-state index is 1.05. The predicted molar refractivity (Wildman–Crippen MR) is 40.6 cm³/mol. The summed E-state index contributed by atoms with van der Waals surface area (Å²) in [6.07, 6.45) is 10.2. The third kappa shape index (κ3) is 1.84. The van der Waals surface area contributed by atoms with Crippen molar-refractivity contribution in [2.75, 3.05) is 0 Å². The second-order valence-corrected chi connectivity index (χ2v) is 2.10. The van der Waals surface area contributed by atoms with Crippen LogP contribution in [0.3, 0.4) is 0 Å². The van der Waals surface area contributed by atoms with Gasteiger partial charge in [0.05, 0.1) is 0 Å². The molecule has 1 heterocycles. The monoisotopic (exact) mass is 121 g/mol. The molecule has 0 N–H and O–H groups in total. The van der Waals surface area contributed by atoms with E-state index in [0.29, 0.717) is 0 Å². The molecule has 0 aromatic carbocycles. The lowest BCUT2D eigenvalue weighted by Gasteiger charge is -1.89. The summed E-state index contributed by atoms with van der Waals surface area (Å²) < 4.78 is 0. The van der Waals surface area contributed by atoms with Gasteiger partial charge in [0.25, 0.3) is 0 Å². The molecule has 0 unspecified atom stereocenters. The molecule has 0 saturated heterocycles. The third-order valence-electron chi connectivity index (χ3n) is 1.33. The number of nitrogens with zero attached hydrogens (tertiary/aromatic N) is 1. The molecule has 1 rings (SSSR count). The molecular formula is C8H11N. The Hall–Kier alpha value is -0.850. The van der Waals surface area contributed by atoms with Crippen molar-refractivity contribution in [3.05, 3.63) is 23.9 Å². The summed E-state index contributed by atoms with van der Waals surface area (Å²) in [4.78, 5) is 4.00. The highest BCUT2D eigenvalue weighted by Crippen LogP contribution is 2.10. The topological polar surface area (TPSA) is 12.4 Å². The number of aliphatic imine (C=N–C) groups is 1. The average molecular weight is 121 g/mol. The van der Waals surface area contributed by atoms with Gasteiger partial charge in [-0.2, -0.15) is 0 Å². The van der Waals surface area contributed by atoms with Gasteiger partial charge in [-0.3, -0.25) is 4.99 Å². The molecule has 9 heavy (non-hydrogen) atoms. The normalized spacial score (nSPS) is 17.2. The smallest absolute Gasteiger partial charge is 0.0262 e. The maximum atomic E-state index is 4.00. The Balaban J connectivity index is 2.30. The van der Waals surface area contributed by atoms with Crippen LogP contribution in [0.4, 0.5) is 0 Å². The highest BCUT2D eigenvalue weighted by Gasteiger charge is 1.95. The minimum Gasteiger partial charge on any atom is -0.269 e. The van der Waals surface area contributed by atoms with Crippen LogP contribution in [0.2, 0.25) is 0 Å². The Labute approximate surface area is 55.8 Å². The molecule has 0 radical (unpaired) electrons. The van der Waals surface area contributed by atoms with Gasteiger partial charge in [-0.1, -0.05) is 12.2 Å².